The molecule has 38 heavy (non-hydrogen) atoms. The fourth-order valence-corrected chi connectivity index (χ4v) is 4.70. The molecule has 0 aliphatic carbocycles. The molecule has 0 aliphatic rings. The second-order valence-corrected chi connectivity index (χ2v) is 9.20. The Hall–Kier alpha value is -4.07. The van der Waals surface area contributed by atoms with Crippen molar-refractivity contribution in [3.63, 3.8) is 0 Å². The number of carboxylic acid groups (broad SMARTS) is 1. The fourth-order valence-electron chi connectivity index (χ4n) is 4.70. The zero-order chi connectivity index (χ0) is 27.3. The number of aryl methyl sites for hydroxylation is 1. The molecule has 198 valence electrons. The highest BCUT2D eigenvalue weighted by molar-refractivity contribution is 5.95. The summed E-state index contributed by atoms with van der Waals surface area (Å²) >= 11 is 0. The van der Waals surface area contributed by atoms with E-state index in [-0.39, 0.29) is 30.8 Å². The number of unbranched alkanes of at least 4 members (excludes halogenated alkanes) is 1. The molecule has 1 aromatic heterocycles. The van der Waals surface area contributed by atoms with Crippen molar-refractivity contribution in [2.24, 2.45) is 0 Å². The second kappa shape index (κ2) is 11.5. The maximum absolute atomic E-state index is 14.3. The van der Waals surface area contributed by atoms with Gasteiger partial charge in [0.05, 0.1) is 17.8 Å². The number of aromatic nitrogens is 2. The number of carbonyl (C=O) groups is 1. The lowest BCUT2D eigenvalue weighted by Gasteiger charge is -2.14. The molecule has 0 fully saturated rings. The largest absolute Gasteiger partial charge is 0.478 e. The lowest BCUT2D eigenvalue weighted by molar-refractivity contribution is -0.144. The molecule has 1 heterocycles. The van der Waals surface area contributed by atoms with Gasteiger partial charge in [0.1, 0.15) is 5.69 Å². The van der Waals surface area contributed by atoms with Crippen molar-refractivity contribution in [1.82, 2.24) is 9.13 Å². The molecule has 5 nitrogen and oxygen atoms in total. The second-order valence-electron chi connectivity index (χ2n) is 9.20. The summed E-state index contributed by atoms with van der Waals surface area (Å²) in [6.07, 6.45) is -3.01. The molecule has 3 aromatic carbocycles. The van der Waals surface area contributed by atoms with Crippen molar-refractivity contribution in [2.75, 3.05) is 0 Å². The molecular formula is C30H29F3N2O3. The summed E-state index contributed by atoms with van der Waals surface area (Å²) in [6.45, 7) is 1.81. The third-order valence-electron chi connectivity index (χ3n) is 6.60. The average molecular weight is 523 g/mol. The number of benzene rings is 3. The first kappa shape index (κ1) is 27.0. The third-order valence-corrected chi connectivity index (χ3v) is 6.60. The average Bonchev–Trinajstić information content (AvgIpc) is 3.17. The Morgan fingerprint density at radius 1 is 0.842 bits per heavy atom. The van der Waals surface area contributed by atoms with Gasteiger partial charge >= 0.3 is 17.8 Å². The van der Waals surface area contributed by atoms with E-state index in [0.29, 0.717) is 36.0 Å². The van der Waals surface area contributed by atoms with Crippen LogP contribution in [0.4, 0.5) is 13.2 Å². The van der Waals surface area contributed by atoms with Crippen LogP contribution in [0.15, 0.2) is 83.7 Å². The van der Waals surface area contributed by atoms with Crippen LogP contribution < -0.4 is 5.69 Å². The number of hydrogen-bond donors (Lipinski definition) is 1. The van der Waals surface area contributed by atoms with E-state index in [1.54, 1.807) is 42.5 Å². The molecule has 0 amide bonds. The van der Waals surface area contributed by atoms with Gasteiger partial charge < -0.3 is 5.11 Å². The van der Waals surface area contributed by atoms with E-state index in [2.05, 4.69) is 0 Å². The lowest BCUT2D eigenvalue weighted by atomic mass is 9.98. The van der Waals surface area contributed by atoms with Crippen molar-refractivity contribution < 1.29 is 23.1 Å². The summed E-state index contributed by atoms with van der Waals surface area (Å²) in [5.41, 5.74) is 1.31. The van der Waals surface area contributed by atoms with E-state index in [1.807, 2.05) is 37.3 Å². The molecule has 0 unspecified atom stereocenters. The standard InChI is InChI=1S/C30H29F3N2O3/c1-2-3-13-26-27(30(31,32)33)34(19-18-21-9-5-4-6-10-21)29(38)35(26)20-22-14-16-23(17-15-22)24-11-7-8-12-25(24)28(36)37/h4-12,14-17H,2-3,13,18-20H2,1H3,(H,36,37). The van der Waals surface area contributed by atoms with Crippen molar-refractivity contribution in [3.8, 4) is 11.1 Å². The minimum atomic E-state index is -4.67. The van der Waals surface area contributed by atoms with Gasteiger partial charge in [-0.05, 0) is 47.6 Å². The number of imidazole rings is 1. The van der Waals surface area contributed by atoms with Crippen molar-refractivity contribution in [1.29, 1.82) is 0 Å². The predicted molar refractivity (Wildman–Crippen MR) is 140 cm³/mol. The Labute approximate surface area is 218 Å². The maximum atomic E-state index is 14.3. The van der Waals surface area contributed by atoms with Gasteiger partial charge in [-0.2, -0.15) is 13.2 Å². The SMILES string of the molecule is CCCCc1c(C(F)(F)F)n(CCc2ccccc2)c(=O)n1Cc1ccc(-c2ccccc2C(=O)O)cc1. The zero-order valence-corrected chi connectivity index (χ0v) is 21.0. The Morgan fingerprint density at radius 2 is 1.50 bits per heavy atom. The van der Waals surface area contributed by atoms with E-state index in [0.717, 1.165) is 10.1 Å². The third kappa shape index (κ3) is 5.90. The molecule has 0 bridgehead atoms. The molecular weight excluding hydrogens is 493 g/mol. The molecule has 0 saturated heterocycles. The van der Waals surface area contributed by atoms with Gasteiger partial charge in [-0.3, -0.25) is 9.13 Å². The van der Waals surface area contributed by atoms with Crippen molar-refractivity contribution in [2.45, 2.75) is 51.9 Å². The minimum Gasteiger partial charge on any atom is -0.478 e. The summed E-state index contributed by atoms with van der Waals surface area (Å²) < 4.78 is 45.1. The normalized spacial score (nSPS) is 11.6. The molecule has 0 saturated carbocycles. The summed E-state index contributed by atoms with van der Waals surface area (Å²) in [7, 11) is 0. The summed E-state index contributed by atoms with van der Waals surface area (Å²) in [5, 5.41) is 9.49. The molecule has 0 aliphatic heterocycles. The highest BCUT2D eigenvalue weighted by Gasteiger charge is 2.40. The molecule has 4 rings (SSSR count). The summed E-state index contributed by atoms with van der Waals surface area (Å²) in [6, 6.07) is 22.6. The number of alkyl halides is 3. The van der Waals surface area contributed by atoms with E-state index in [4.69, 9.17) is 0 Å². The smallest absolute Gasteiger partial charge is 0.433 e. The first-order valence-electron chi connectivity index (χ1n) is 12.6. The van der Waals surface area contributed by atoms with Crippen LogP contribution >= 0.6 is 0 Å². The summed E-state index contributed by atoms with van der Waals surface area (Å²) in [5.74, 6) is -1.05. The van der Waals surface area contributed by atoms with Crippen LogP contribution in [0.5, 0.6) is 0 Å². The predicted octanol–water partition coefficient (Wildman–Crippen LogP) is 6.67. The van der Waals surface area contributed by atoms with Gasteiger partial charge in [-0.1, -0.05) is 86.1 Å². The van der Waals surface area contributed by atoms with Crippen LogP contribution in [0.3, 0.4) is 0 Å². The van der Waals surface area contributed by atoms with Crippen LogP contribution in [0.25, 0.3) is 11.1 Å². The number of aromatic carboxylic acids is 1. The zero-order valence-electron chi connectivity index (χ0n) is 21.0. The number of hydrogen-bond acceptors (Lipinski definition) is 2. The van der Waals surface area contributed by atoms with Crippen LogP contribution in [0, 0.1) is 0 Å². The molecule has 0 atom stereocenters. The van der Waals surface area contributed by atoms with Crippen LogP contribution in [0.2, 0.25) is 0 Å². The molecule has 0 spiro atoms. The van der Waals surface area contributed by atoms with Gasteiger partial charge in [0.15, 0.2) is 0 Å². The molecule has 8 heteroatoms. The van der Waals surface area contributed by atoms with Gasteiger partial charge in [-0.15, -0.1) is 0 Å². The van der Waals surface area contributed by atoms with Crippen LogP contribution in [-0.2, 0) is 32.1 Å². The quantitative estimate of drug-likeness (QED) is 0.253. The van der Waals surface area contributed by atoms with Crippen molar-refractivity contribution in [3.05, 3.63) is 117 Å². The Morgan fingerprint density at radius 3 is 2.13 bits per heavy atom. The van der Waals surface area contributed by atoms with E-state index < -0.39 is 23.5 Å². The lowest BCUT2D eigenvalue weighted by Crippen LogP contribution is -2.28. The number of carboxylic acids is 1. The van der Waals surface area contributed by atoms with E-state index in [9.17, 15) is 27.9 Å². The minimum absolute atomic E-state index is 0.00212. The summed E-state index contributed by atoms with van der Waals surface area (Å²) in [4.78, 5) is 25.0. The van der Waals surface area contributed by atoms with Crippen LogP contribution in [0.1, 0.15) is 52.6 Å². The Kier molecular flexibility index (Phi) is 8.20. The fraction of sp³-hybridized carbons (Fsp3) is 0.267. The van der Waals surface area contributed by atoms with Crippen molar-refractivity contribution >= 4 is 5.97 Å². The number of nitrogens with zero attached hydrogens (tertiary/aromatic N) is 2. The molecule has 4 aromatic rings. The Balaban J connectivity index is 1.71. The van der Waals surface area contributed by atoms with E-state index in [1.165, 1.54) is 10.6 Å². The maximum Gasteiger partial charge on any atom is 0.433 e. The number of halogens is 3. The topological polar surface area (TPSA) is 64.2 Å². The van der Waals surface area contributed by atoms with E-state index >= 15 is 0 Å². The highest BCUT2D eigenvalue weighted by Crippen LogP contribution is 2.33. The van der Waals surface area contributed by atoms with Gasteiger partial charge in [0.25, 0.3) is 0 Å². The molecule has 0 radical (unpaired) electrons. The van der Waals surface area contributed by atoms with Gasteiger partial charge in [0.2, 0.25) is 0 Å². The van der Waals surface area contributed by atoms with Crippen LogP contribution in [-0.4, -0.2) is 20.2 Å². The first-order chi connectivity index (χ1) is 18.2. The van der Waals surface area contributed by atoms with Gasteiger partial charge in [0, 0.05) is 6.54 Å². The monoisotopic (exact) mass is 522 g/mol. The Bertz CT molecular complexity index is 1450. The van der Waals surface area contributed by atoms with Gasteiger partial charge in [-0.25, -0.2) is 9.59 Å². The first-order valence-corrected chi connectivity index (χ1v) is 12.6. The number of rotatable bonds is 10. The highest BCUT2D eigenvalue weighted by atomic mass is 19.4. The molecule has 1 N–H and O–H groups in total.